The lowest BCUT2D eigenvalue weighted by atomic mass is 9.93. The van der Waals surface area contributed by atoms with E-state index >= 15 is 0 Å². The smallest absolute Gasteiger partial charge is 0.193 e. The van der Waals surface area contributed by atoms with Gasteiger partial charge in [-0.2, -0.15) is 0 Å². The predicted octanol–water partition coefficient (Wildman–Crippen LogP) is 5.89. The predicted molar refractivity (Wildman–Crippen MR) is 90.9 cm³/mol. The van der Waals surface area contributed by atoms with Crippen molar-refractivity contribution in [1.82, 2.24) is 0 Å². The number of hydrogen-bond acceptors (Lipinski definition) is 1. The molecule has 0 aliphatic heterocycles. The molecule has 0 atom stereocenters. The molecule has 0 aromatic heterocycles. The quantitative estimate of drug-likeness (QED) is 0.469. The molecule has 102 valence electrons. The van der Waals surface area contributed by atoms with Gasteiger partial charge in [0.1, 0.15) is 0 Å². The summed E-state index contributed by atoms with van der Waals surface area (Å²) in [4.78, 5) is 12.7. The van der Waals surface area contributed by atoms with Crippen LogP contribution in [0.4, 0.5) is 0 Å². The third-order valence-electron chi connectivity index (χ3n) is 2.97. The Bertz CT molecular complexity index is 648. The van der Waals surface area contributed by atoms with E-state index in [2.05, 4.69) is 31.9 Å². The summed E-state index contributed by atoms with van der Waals surface area (Å²) in [7, 11) is 0. The Morgan fingerprint density at radius 3 is 1.55 bits per heavy atom. The number of allylic oxidation sites excluding steroid dienone is 2. The average Bonchev–Trinajstić information content (AvgIpc) is 2.41. The highest BCUT2D eigenvalue weighted by atomic mass is 79.9. The number of rotatable bonds is 3. The Kier molecular flexibility index (Phi) is 4.95. The lowest BCUT2D eigenvalue weighted by molar-refractivity contribution is 0.105. The maximum atomic E-state index is 12.7. The third kappa shape index (κ3) is 3.47. The monoisotopic (exact) mass is 392 g/mol. The van der Waals surface area contributed by atoms with Gasteiger partial charge in [-0.1, -0.05) is 49.6 Å². The van der Waals surface area contributed by atoms with E-state index in [0.717, 1.165) is 25.7 Å². The van der Waals surface area contributed by atoms with Gasteiger partial charge in [0.15, 0.2) is 5.78 Å². The summed E-state index contributed by atoms with van der Waals surface area (Å²) in [5.74, 6) is 0.0554. The van der Waals surface area contributed by atoms with Crippen molar-refractivity contribution in [2.45, 2.75) is 13.8 Å². The van der Waals surface area contributed by atoms with Crippen molar-refractivity contribution >= 4 is 43.2 Å². The van der Waals surface area contributed by atoms with Gasteiger partial charge in [-0.3, -0.25) is 4.79 Å². The fourth-order valence-corrected chi connectivity index (χ4v) is 2.54. The summed E-state index contributed by atoms with van der Waals surface area (Å²) < 4.78 is 1.97. The molecule has 3 heteroatoms. The lowest BCUT2D eigenvalue weighted by Crippen LogP contribution is -2.04. The first-order chi connectivity index (χ1) is 9.49. The van der Waals surface area contributed by atoms with E-state index < -0.39 is 0 Å². The average molecular weight is 394 g/mol. The number of halogens is 2. The standard InChI is InChI=1S/C17H14Br2O/c1-11(2)16(12-3-7-14(18)8-4-12)17(20)13-5-9-15(19)10-6-13/h3-10H,1-2H3. The molecule has 2 aromatic rings. The zero-order valence-electron chi connectivity index (χ0n) is 11.3. The van der Waals surface area contributed by atoms with Crippen molar-refractivity contribution in [2.24, 2.45) is 0 Å². The Labute approximate surface area is 136 Å². The van der Waals surface area contributed by atoms with Crippen LogP contribution in [0.1, 0.15) is 29.8 Å². The van der Waals surface area contributed by atoms with Gasteiger partial charge in [0.25, 0.3) is 0 Å². The minimum Gasteiger partial charge on any atom is -0.289 e. The van der Waals surface area contributed by atoms with Crippen LogP contribution in [-0.4, -0.2) is 5.78 Å². The fourth-order valence-electron chi connectivity index (χ4n) is 2.01. The van der Waals surface area contributed by atoms with Crippen molar-refractivity contribution in [3.8, 4) is 0 Å². The summed E-state index contributed by atoms with van der Waals surface area (Å²) in [5, 5.41) is 0. The molecule has 20 heavy (non-hydrogen) atoms. The minimum absolute atomic E-state index is 0.0554. The van der Waals surface area contributed by atoms with Gasteiger partial charge < -0.3 is 0 Å². The van der Waals surface area contributed by atoms with E-state index in [-0.39, 0.29) is 5.78 Å². The van der Waals surface area contributed by atoms with Gasteiger partial charge in [-0.25, -0.2) is 0 Å². The maximum Gasteiger partial charge on any atom is 0.193 e. The second-order valence-electron chi connectivity index (χ2n) is 4.72. The molecule has 0 aliphatic rings. The van der Waals surface area contributed by atoms with Crippen LogP contribution in [0.5, 0.6) is 0 Å². The number of ketones is 1. The zero-order valence-corrected chi connectivity index (χ0v) is 14.5. The Morgan fingerprint density at radius 2 is 1.15 bits per heavy atom. The number of carbonyl (C=O) groups excluding carboxylic acids is 1. The van der Waals surface area contributed by atoms with E-state index in [1.807, 2.05) is 62.4 Å². The summed E-state index contributed by atoms with van der Waals surface area (Å²) in [6, 6.07) is 15.3. The Morgan fingerprint density at radius 1 is 0.750 bits per heavy atom. The number of hydrogen-bond donors (Lipinski definition) is 0. The van der Waals surface area contributed by atoms with Crippen LogP contribution >= 0.6 is 31.9 Å². The van der Waals surface area contributed by atoms with Crippen LogP contribution in [-0.2, 0) is 0 Å². The molecule has 0 bridgehead atoms. The molecule has 0 fully saturated rings. The first-order valence-corrected chi connectivity index (χ1v) is 7.81. The lowest BCUT2D eigenvalue weighted by Gasteiger charge is -2.10. The highest BCUT2D eigenvalue weighted by Crippen LogP contribution is 2.25. The first kappa shape index (κ1) is 15.2. The molecule has 0 aliphatic carbocycles. The fraction of sp³-hybridized carbons (Fsp3) is 0.118. The highest BCUT2D eigenvalue weighted by Gasteiger charge is 2.15. The normalized spacial score (nSPS) is 10.2. The van der Waals surface area contributed by atoms with Gasteiger partial charge in [0.2, 0.25) is 0 Å². The van der Waals surface area contributed by atoms with E-state index in [0.29, 0.717) is 5.56 Å². The molecule has 0 spiro atoms. The molecule has 0 saturated carbocycles. The van der Waals surface area contributed by atoms with Gasteiger partial charge in [-0.15, -0.1) is 0 Å². The summed E-state index contributed by atoms with van der Waals surface area (Å²) in [6.07, 6.45) is 0. The molecule has 0 unspecified atom stereocenters. The second kappa shape index (κ2) is 6.51. The van der Waals surface area contributed by atoms with Crippen molar-refractivity contribution in [3.63, 3.8) is 0 Å². The molecular formula is C17H14Br2O. The Hall–Kier alpha value is -1.19. The number of Topliss-reactive ketones (excluding diaryl/α,β-unsaturated/α-hetero) is 1. The SMILES string of the molecule is CC(C)=C(C(=O)c1ccc(Br)cc1)c1ccc(Br)cc1. The van der Waals surface area contributed by atoms with Gasteiger partial charge in [-0.05, 0) is 55.8 Å². The molecule has 0 N–H and O–H groups in total. The van der Waals surface area contributed by atoms with Crippen LogP contribution in [0.15, 0.2) is 63.0 Å². The minimum atomic E-state index is 0.0554. The summed E-state index contributed by atoms with van der Waals surface area (Å²) >= 11 is 6.80. The number of benzene rings is 2. The van der Waals surface area contributed by atoms with E-state index in [1.165, 1.54) is 0 Å². The van der Waals surface area contributed by atoms with Crippen molar-refractivity contribution in [2.75, 3.05) is 0 Å². The van der Waals surface area contributed by atoms with E-state index in [1.54, 1.807) is 0 Å². The zero-order chi connectivity index (χ0) is 14.7. The molecule has 2 aromatic carbocycles. The van der Waals surface area contributed by atoms with Crippen molar-refractivity contribution in [1.29, 1.82) is 0 Å². The Balaban J connectivity index is 2.45. The van der Waals surface area contributed by atoms with Gasteiger partial charge in [0.05, 0.1) is 0 Å². The van der Waals surface area contributed by atoms with Crippen molar-refractivity contribution in [3.05, 3.63) is 74.2 Å². The molecule has 1 nitrogen and oxygen atoms in total. The molecule has 2 rings (SSSR count). The van der Waals surface area contributed by atoms with Gasteiger partial charge in [0, 0.05) is 20.1 Å². The van der Waals surface area contributed by atoms with Crippen LogP contribution < -0.4 is 0 Å². The molecule has 0 heterocycles. The largest absolute Gasteiger partial charge is 0.289 e. The number of carbonyl (C=O) groups is 1. The van der Waals surface area contributed by atoms with Crippen LogP contribution in [0.2, 0.25) is 0 Å². The second-order valence-corrected chi connectivity index (χ2v) is 6.55. The van der Waals surface area contributed by atoms with Crippen LogP contribution in [0.3, 0.4) is 0 Å². The topological polar surface area (TPSA) is 17.1 Å². The van der Waals surface area contributed by atoms with Gasteiger partial charge >= 0.3 is 0 Å². The maximum absolute atomic E-state index is 12.7. The van der Waals surface area contributed by atoms with E-state index in [4.69, 9.17) is 0 Å². The first-order valence-electron chi connectivity index (χ1n) is 6.22. The third-order valence-corrected chi connectivity index (χ3v) is 4.02. The highest BCUT2D eigenvalue weighted by molar-refractivity contribution is 9.10. The van der Waals surface area contributed by atoms with E-state index in [9.17, 15) is 4.79 Å². The molecular weight excluding hydrogens is 380 g/mol. The molecule has 0 amide bonds. The van der Waals surface area contributed by atoms with Crippen molar-refractivity contribution < 1.29 is 4.79 Å². The molecule has 0 radical (unpaired) electrons. The van der Waals surface area contributed by atoms with Crippen LogP contribution in [0, 0.1) is 0 Å². The summed E-state index contributed by atoms with van der Waals surface area (Å²) in [6.45, 7) is 3.93. The summed E-state index contributed by atoms with van der Waals surface area (Å²) in [5.41, 5.74) is 3.42. The molecule has 0 saturated heterocycles. The van der Waals surface area contributed by atoms with Crippen LogP contribution in [0.25, 0.3) is 5.57 Å².